The number of imidazole rings is 1. The predicted octanol–water partition coefficient (Wildman–Crippen LogP) is 1.88. The number of halogens is 3. The number of amides is 1. The number of carbonyl (C=O) groups excluding carboxylic acids is 1. The van der Waals surface area contributed by atoms with Crippen LogP contribution in [0.3, 0.4) is 0 Å². The maximum absolute atomic E-state index is 13.1. The number of aryl methyl sites for hydroxylation is 2. The minimum Gasteiger partial charge on any atom is -0.491 e. The fraction of sp³-hybridized carbons (Fsp3) is 0.368. The Hall–Kier alpha value is -3.57. The number of carbonyl (C=O) groups is 1. The minimum atomic E-state index is -4.62. The van der Waals surface area contributed by atoms with Crippen LogP contribution < -0.4 is 21.3 Å². The van der Waals surface area contributed by atoms with Crippen molar-refractivity contribution in [3.8, 4) is 5.75 Å². The molecule has 12 heteroatoms. The second kappa shape index (κ2) is 8.28. The van der Waals surface area contributed by atoms with Crippen LogP contribution in [0.2, 0.25) is 0 Å². The summed E-state index contributed by atoms with van der Waals surface area (Å²) in [7, 11) is 2.96. The van der Waals surface area contributed by atoms with Crippen molar-refractivity contribution in [2.24, 2.45) is 14.1 Å². The van der Waals surface area contributed by atoms with Crippen LogP contribution in [-0.2, 0) is 31.6 Å². The third-order valence-corrected chi connectivity index (χ3v) is 4.55. The van der Waals surface area contributed by atoms with E-state index in [1.165, 1.54) is 17.9 Å². The fourth-order valence-corrected chi connectivity index (χ4v) is 3.01. The Morgan fingerprint density at radius 3 is 2.58 bits per heavy atom. The smallest absolute Gasteiger partial charge is 0.416 e. The summed E-state index contributed by atoms with van der Waals surface area (Å²) in [6.45, 7) is 1.35. The zero-order valence-corrected chi connectivity index (χ0v) is 17.0. The highest BCUT2D eigenvalue weighted by atomic mass is 19.4. The van der Waals surface area contributed by atoms with Crippen molar-refractivity contribution in [2.45, 2.75) is 26.1 Å². The van der Waals surface area contributed by atoms with E-state index in [1.807, 2.05) is 6.92 Å². The van der Waals surface area contributed by atoms with Crippen LogP contribution in [0.15, 0.2) is 34.1 Å². The van der Waals surface area contributed by atoms with Crippen LogP contribution >= 0.6 is 0 Å². The minimum absolute atomic E-state index is 0.0468. The highest BCUT2D eigenvalue weighted by Crippen LogP contribution is 2.35. The van der Waals surface area contributed by atoms with E-state index in [0.29, 0.717) is 11.0 Å². The quantitative estimate of drug-likeness (QED) is 0.632. The molecule has 1 aromatic carbocycles. The molecule has 0 spiro atoms. The molecular formula is C19H20F3N5O4. The molecule has 0 radical (unpaired) electrons. The van der Waals surface area contributed by atoms with E-state index in [0.717, 1.165) is 22.8 Å². The number of ether oxygens (including phenoxy) is 1. The lowest BCUT2D eigenvalue weighted by Gasteiger charge is -2.15. The van der Waals surface area contributed by atoms with Crippen LogP contribution in [0.4, 0.5) is 18.9 Å². The molecule has 1 amide bonds. The molecule has 0 bridgehead atoms. The van der Waals surface area contributed by atoms with Gasteiger partial charge in [0.1, 0.15) is 12.3 Å². The van der Waals surface area contributed by atoms with Crippen molar-refractivity contribution >= 4 is 22.8 Å². The summed E-state index contributed by atoms with van der Waals surface area (Å²) in [5.74, 6) is -0.813. The molecule has 31 heavy (non-hydrogen) atoms. The molecule has 3 rings (SSSR count). The SMILES string of the molecule is CCCOc1ccc(C(F)(F)F)cc1NC(=O)Cn1c(=O)c2c(ncn2C)n(C)c1=O. The molecule has 1 N–H and O–H groups in total. The molecule has 0 fully saturated rings. The predicted molar refractivity (Wildman–Crippen MR) is 106 cm³/mol. The topological polar surface area (TPSA) is 100 Å². The van der Waals surface area contributed by atoms with E-state index in [1.54, 1.807) is 7.05 Å². The Morgan fingerprint density at radius 2 is 1.94 bits per heavy atom. The van der Waals surface area contributed by atoms with E-state index in [2.05, 4.69) is 10.3 Å². The zero-order valence-electron chi connectivity index (χ0n) is 17.0. The standard InChI is InChI=1S/C19H20F3N5O4/c1-4-7-31-13-6-5-11(19(20,21)22)8-12(13)24-14(28)9-27-17(29)15-16(23-10-25(15)2)26(3)18(27)30/h5-6,8,10H,4,7,9H2,1-3H3,(H,24,28). The Morgan fingerprint density at radius 1 is 1.23 bits per heavy atom. The molecule has 3 aromatic rings. The molecule has 0 unspecified atom stereocenters. The molecule has 0 aliphatic carbocycles. The Bertz CT molecular complexity index is 1260. The lowest BCUT2D eigenvalue weighted by atomic mass is 10.1. The van der Waals surface area contributed by atoms with Crippen molar-refractivity contribution < 1.29 is 22.7 Å². The van der Waals surface area contributed by atoms with Gasteiger partial charge in [0, 0.05) is 14.1 Å². The van der Waals surface area contributed by atoms with Crippen molar-refractivity contribution in [1.82, 2.24) is 18.7 Å². The Balaban J connectivity index is 1.96. The molecular weight excluding hydrogens is 419 g/mol. The highest BCUT2D eigenvalue weighted by Gasteiger charge is 2.31. The van der Waals surface area contributed by atoms with Crippen LogP contribution in [0.1, 0.15) is 18.9 Å². The molecule has 0 saturated carbocycles. The summed E-state index contributed by atoms with van der Waals surface area (Å²) < 4.78 is 47.9. The summed E-state index contributed by atoms with van der Waals surface area (Å²) in [6, 6.07) is 2.70. The van der Waals surface area contributed by atoms with Gasteiger partial charge in [0.15, 0.2) is 11.2 Å². The van der Waals surface area contributed by atoms with Crippen molar-refractivity contribution in [3.63, 3.8) is 0 Å². The summed E-state index contributed by atoms with van der Waals surface area (Å²) in [5.41, 5.74) is -2.43. The van der Waals surface area contributed by atoms with Crippen LogP contribution in [0.5, 0.6) is 5.75 Å². The van der Waals surface area contributed by atoms with E-state index >= 15 is 0 Å². The third-order valence-electron chi connectivity index (χ3n) is 4.55. The maximum atomic E-state index is 13.1. The van der Waals surface area contributed by atoms with E-state index in [-0.39, 0.29) is 29.2 Å². The van der Waals surface area contributed by atoms with Gasteiger partial charge in [-0.25, -0.2) is 14.3 Å². The van der Waals surface area contributed by atoms with E-state index in [9.17, 15) is 27.6 Å². The first-order valence-corrected chi connectivity index (χ1v) is 9.29. The number of hydrogen-bond acceptors (Lipinski definition) is 5. The second-order valence-electron chi connectivity index (χ2n) is 6.87. The number of nitrogens with one attached hydrogen (secondary N) is 1. The third kappa shape index (κ3) is 4.32. The lowest BCUT2D eigenvalue weighted by molar-refractivity contribution is -0.137. The number of fused-ring (bicyclic) bond motifs is 1. The molecule has 0 atom stereocenters. The average Bonchev–Trinajstić information content (AvgIpc) is 3.09. The van der Waals surface area contributed by atoms with Crippen molar-refractivity contribution in [2.75, 3.05) is 11.9 Å². The number of benzene rings is 1. The first-order valence-electron chi connectivity index (χ1n) is 9.29. The van der Waals surface area contributed by atoms with Crippen LogP contribution in [-0.4, -0.2) is 31.2 Å². The van der Waals surface area contributed by atoms with Gasteiger partial charge in [-0.05, 0) is 24.6 Å². The normalized spacial score (nSPS) is 11.7. The van der Waals surface area contributed by atoms with Crippen LogP contribution in [0.25, 0.3) is 11.2 Å². The van der Waals surface area contributed by atoms with Gasteiger partial charge in [0.2, 0.25) is 5.91 Å². The number of nitrogens with zero attached hydrogens (tertiary/aromatic N) is 4. The molecule has 2 heterocycles. The molecule has 166 valence electrons. The van der Waals surface area contributed by atoms with E-state index < -0.39 is 35.4 Å². The molecule has 0 aliphatic heterocycles. The molecule has 0 aliphatic rings. The van der Waals surface area contributed by atoms with Crippen molar-refractivity contribution in [3.05, 3.63) is 50.9 Å². The van der Waals surface area contributed by atoms with Gasteiger partial charge in [0.25, 0.3) is 5.56 Å². The summed E-state index contributed by atoms with van der Waals surface area (Å²) in [4.78, 5) is 41.8. The summed E-state index contributed by atoms with van der Waals surface area (Å²) >= 11 is 0. The number of rotatable bonds is 6. The first kappa shape index (κ1) is 22.1. The molecule has 9 nitrogen and oxygen atoms in total. The maximum Gasteiger partial charge on any atom is 0.416 e. The Labute approximate surface area is 173 Å². The number of alkyl halides is 3. The first-order chi connectivity index (χ1) is 14.5. The number of aromatic nitrogens is 4. The zero-order chi connectivity index (χ0) is 22.9. The molecule has 0 saturated heterocycles. The fourth-order valence-electron chi connectivity index (χ4n) is 3.01. The highest BCUT2D eigenvalue weighted by molar-refractivity contribution is 5.92. The van der Waals surface area contributed by atoms with Crippen LogP contribution in [0, 0.1) is 0 Å². The van der Waals surface area contributed by atoms with Crippen molar-refractivity contribution in [1.29, 1.82) is 0 Å². The monoisotopic (exact) mass is 439 g/mol. The van der Waals surface area contributed by atoms with E-state index in [4.69, 9.17) is 4.74 Å². The largest absolute Gasteiger partial charge is 0.491 e. The van der Waals surface area contributed by atoms with Gasteiger partial charge in [-0.1, -0.05) is 6.92 Å². The second-order valence-corrected chi connectivity index (χ2v) is 6.87. The molecule has 2 aromatic heterocycles. The van der Waals surface area contributed by atoms with Gasteiger partial charge < -0.3 is 14.6 Å². The van der Waals surface area contributed by atoms with Gasteiger partial charge in [0.05, 0.1) is 24.2 Å². The van der Waals surface area contributed by atoms with Gasteiger partial charge in [-0.2, -0.15) is 13.2 Å². The number of hydrogen-bond donors (Lipinski definition) is 1. The Kier molecular flexibility index (Phi) is 5.91. The lowest BCUT2D eigenvalue weighted by Crippen LogP contribution is -2.42. The summed E-state index contributed by atoms with van der Waals surface area (Å²) in [5, 5.41) is 2.32. The summed E-state index contributed by atoms with van der Waals surface area (Å²) in [6.07, 6.45) is -2.67. The van der Waals surface area contributed by atoms with Gasteiger partial charge in [-0.15, -0.1) is 0 Å². The average molecular weight is 439 g/mol. The number of anilines is 1. The van der Waals surface area contributed by atoms with Gasteiger partial charge in [-0.3, -0.25) is 14.2 Å². The van der Waals surface area contributed by atoms with Gasteiger partial charge >= 0.3 is 11.9 Å².